The Morgan fingerprint density at radius 2 is 2.35 bits per heavy atom. The van der Waals surface area contributed by atoms with E-state index >= 15 is 0 Å². The summed E-state index contributed by atoms with van der Waals surface area (Å²) < 4.78 is 1.07. The molecule has 3 unspecified atom stereocenters. The first kappa shape index (κ1) is 11.6. The highest BCUT2D eigenvalue weighted by Gasteiger charge is 2.41. The van der Waals surface area contributed by atoms with E-state index in [1.807, 2.05) is 12.4 Å². The zero-order valence-electron chi connectivity index (χ0n) is 10.1. The van der Waals surface area contributed by atoms with Crippen LogP contribution in [0.25, 0.3) is 0 Å². The molecule has 0 amide bonds. The zero-order chi connectivity index (χ0) is 11.8. The molecule has 0 bridgehead atoms. The molecule has 3 rings (SSSR count). The summed E-state index contributed by atoms with van der Waals surface area (Å²) in [6.45, 7) is 7.01. The van der Waals surface area contributed by atoms with Gasteiger partial charge in [-0.15, -0.1) is 0 Å². The van der Waals surface area contributed by atoms with Gasteiger partial charge in [0.05, 0.1) is 0 Å². The van der Waals surface area contributed by atoms with Crippen LogP contribution in [-0.2, 0) is 6.54 Å². The fourth-order valence-corrected chi connectivity index (χ4v) is 3.65. The smallest absolute Gasteiger partial charge is 0.0410 e. The van der Waals surface area contributed by atoms with Crippen LogP contribution < -0.4 is 5.32 Å². The number of halogens is 1. The molecule has 1 aromatic rings. The Morgan fingerprint density at radius 3 is 3.12 bits per heavy atom. The largest absolute Gasteiger partial charge is 0.316 e. The van der Waals surface area contributed by atoms with Crippen molar-refractivity contribution in [2.45, 2.75) is 19.5 Å². The quantitative estimate of drug-likeness (QED) is 0.903. The van der Waals surface area contributed by atoms with Gasteiger partial charge in [-0.05, 0) is 59.4 Å². The van der Waals surface area contributed by atoms with Crippen molar-refractivity contribution in [2.24, 2.45) is 11.8 Å². The molecule has 2 aliphatic heterocycles. The van der Waals surface area contributed by atoms with E-state index in [1.54, 1.807) is 0 Å². The summed E-state index contributed by atoms with van der Waals surface area (Å²) in [5, 5.41) is 3.50. The van der Waals surface area contributed by atoms with Crippen LogP contribution in [0.5, 0.6) is 0 Å². The van der Waals surface area contributed by atoms with Crippen LogP contribution in [0.15, 0.2) is 22.9 Å². The standard InChI is InChI=1S/C13H18BrN3/c1-9-13-6-16-4-11(13)8-17(9)7-10-2-12(14)5-15-3-10/h2-3,5,9,11,13,16H,4,6-8H2,1H3. The van der Waals surface area contributed by atoms with Gasteiger partial charge in [0.1, 0.15) is 0 Å². The number of nitrogens with one attached hydrogen (secondary N) is 1. The molecule has 0 radical (unpaired) electrons. The van der Waals surface area contributed by atoms with Gasteiger partial charge in [0.15, 0.2) is 0 Å². The Hall–Kier alpha value is -0.450. The minimum atomic E-state index is 0.689. The van der Waals surface area contributed by atoms with Gasteiger partial charge in [-0.3, -0.25) is 9.88 Å². The lowest BCUT2D eigenvalue weighted by Crippen LogP contribution is -2.32. The second kappa shape index (κ2) is 4.67. The van der Waals surface area contributed by atoms with Gasteiger partial charge >= 0.3 is 0 Å². The van der Waals surface area contributed by atoms with Crippen molar-refractivity contribution in [1.82, 2.24) is 15.2 Å². The number of fused-ring (bicyclic) bond motifs is 1. The first-order valence-electron chi connectivity index (χ1n) is 6.28. The molecule has 92 valence electrons. The Morgan fingerprint density at radius 1 is 1.47 bits per heavy atom. The summed E-state index contributed by atoms with van der Waals surface area (Å²) in [5.74, 6) is 1.69. The zero-order valence-corrected chi connectivity index (χ0v) is 11.7. The van der Waals surface area contributed by atoms with Crippen LogP contribution in [-0.4, -0.2) is 35.6 Å². The van der Waals surface area contributed by atoms with E-state index in [2.05, 4.69) is 44.1 Å². The van der Waals surface area contributed by atoms with Crippen LogP contribution in [0.4, 0.5) is 0 Å². The molecule has 4 heteroatoms. The Balaban J connectivity index is 1.70. The minimum Gasteiger partial charge on any atom is -0.316 e. The lowest BCUT2D eigenvalue weighted by molar-refractivity contribution is 0.231. The SMILES string of the molecule is CC1C2CNCC2CN1Cc1cncc(Br)c1. The second-order valence-corrected chi connectivity index (χ2v) is 6.18. The number of aromatic nitrogens is 1. The molecule has 0 saturated carbocycles. The van der Waals surface area contributed by atoms with E-state index < -0.39 is 0 Å². The van der Waals surface area contributed by atoms with Crippen molar-refractivity contribution in [3.8, 4) is 0 Å². The van der Waals surface area contributed by atoms with Crippen LogP contribution in [0, 0.1) is 11.8 Å². The maximum atomic E-state index is 4.24. The fraction of sp³-hybridized carbons (Fsp3) is 0.615. The van der Waals surface area contributed by atoms with Crippen LogP contribution in [0.2, 0.25) is 0 Å². The number of likely N-dealkylation sites (tertiary alicyclic amines) is 1. The van der Waals surface area contributed by atoms with E-state index in [9.17, 15) is 0 Å². The molecule has 0 spiro atoms. The van der Waals surface area contributed by atoms with E-state index in [0.717, 1.165) is 22.9 Å². The molecule has 17 heavy (non-hydrogen) atoms. The topological polar surface area (TPSA) is 28.2 Å². The van der Waals surface area contributed by atoms with Crippen LogP contribution >= 0.6 is 15.9 Å². The van der Waals surface area contributed by atoms with Gasteiger partial charge in [-0.1, -0.05) is 0 Å². The number of nitrogens with zero attached hydrogens (tertiary/aromatic N) is 2. The lowest BCUT2D eigenvalue weighted by Gasteiger charge is -2.24. The highest BCUT2D eigenvalue weighted by atomic mass is 79.9. The first-order chi connectivity index (χ1) is 8.24. The van der Waals surface area contributed by atoms with E-state index in [0.29, 0.717) is 6.04 Å². The highest BCUT2D eigenvalue weighted by molar-refractivity contribution is 9.10. The van der Waals surface area contributed by atoms with Gasteiger partial charge in [0, 0.05) is 36.0 Å². The molecule has 2 aliphatic rings. The highest BCUT2D eigenvalue weighted by Crippen LogP contribution is 2.33. The molecule has 2 fully saturated rings. The average molecular weight is 296 g/mol. The number of rotatable bonds is 2. The Kier molecular flexibility index (Phi) is 3.19. The molecule has 0 aliphatic carbocycles. The molecule has 3 atom stereocenters. The maximum Gasteiger partial charge on any atom is 0.0410 e. The lowest BCUT2D eigenvalue weighted by atomic mass is 9.95. The Bertz CT molecular complexity index is 409. The Labute approximate surface area is 111 Å². The van der Waals surface area contributed by atoms with Crippen molar-refractivity contribution in [3.05, 3.63) is 28.5 Å². The molecular weight excluding hydrogens is 278 g/mol. The molecule has 3 heterocycles. The third-order valence-electron chi connectivity index (χ3n) is 4.20. The predicted octanol–water partition coefficient (Wildman–Crippen LogP) is 1.88. The van der Waals surface area contributed by atoms with E-state index in [1.165, 1.54) is 25.2 Å². The van der Waals surface area contributed by atoms with E-state index in [-0.39, 0.29) is 0 Å². The van der Waals surface area contributed by atoms with Crippen molar-refractivity contribution in [3.63, 3.8) is 0 Å². The molecule has 1 aromatic heterocycles. The molecule has 3 nitrogen and oxygen atoms in total. The summed E-state index contributed by atoms with van der Waals surface area (Å²) >= 11 is 3.48. The monoisotopic (exact) mass is 295 g/mol. The summed E-state index contributed by atoms with van der Waals surface area (Å²) in [7, 11) is 0. The van der Waals surface area contributed by atoms with Crippen molar-refractivity contribution in [2.75, 3.05) is 19.6 Å². The van der Waals surface area contributed by atoms with Gasteiger partial charge < -0.3 is 5.32 Å². The molecule has 0 aromatic carbocycles. The molecule has 2 saturated heterocycles. The van der Waals surface area contributed by atoms with Crippen molar-refractivity contribution < 1.29 is 0 Å². The van der Waals surface area contributed by atoms with Gasteiger partial charge in [0.25, 0.3) is 0 Å². The number of hydrogen-bond donors (Lipinski definition) is 1. The van der Waals surface area contributed by atoms with Gasteiger partial charge in [0.2, 0.25) is 0 Å². The fourth-order valence-electron chi connectivity index (χ4n) is 3.24. The second-order valence-electron chi connectivity index (χ2n) is 5.26. The normalized spacial score (nSPS) is 32.9. The summed E-state index contributed by atoms with van der Waals surface area (Å²) in [4.78, 5) is 6.83. The van der Waals surface area contributed by atoms with Crippen LogP contribution in [0.1, 0.15) is 12.5 Å². The van der Waals surface area contributed by atoms with Gasteiger partial charge in [-0.25, -0.2) is 0 Å². The third kappa shape index (κ3) is 2.26. The number of pyridine rings is 1. The summed E-state index contributed by atoms with van der Waals surface area (Å²) in [6, 6.07) is 2.86. The molecular formula is C13H18BrN3. The first-order valence-corrected chi connectivity index (χ1v) is 7.07. The summed E-state index contributed by atoms with van der Waals surface area (Å²) in [5.41, 5.74) is 1.30. The summed E-state index contributed by atoms with van der Waals surface area (Å²) in [6.07, 6.45) is 3.82. The van der Waals surface area contributed by atoms with Crippen LogP contribution in [0.3, 0.4) is 0 Å². The third-order valence-corrected chi connectivity index (χ3v) is 4.64. The van der Waals surface area contributed by atoms with Crippen molar-refractivity contribution in [1.29, 1.82) is 0 Å². The molecule has 1 N–H and O–H groups in total. The number of hydrogen-bond acceptors (Lipinski definition) is 3. The van der Waals surface area contributed by atoms with E-state index in [4.69, 9.17) is 0 Å². The average Bonchev–Trinajstić information content (AvgIpc) is 2.84. The van der Waals surface area contributed by atoms with Gasteiger partial charge in [-0.2, -0.15) is 0 Å². The minimum absolute atomic E-state index is 0.689. The predicted molar refractivity (Wildman–Crippen MR) is 71.7 cm³/mol. The van der Waals surface area contributed by atoms with Crippen molar-refractivity contribution >= 4 is 15.9 Å². The maximum absolute atomic E-state index is 4.24.